The summed E-state index contributed by atoms with van der Waals surface area (Å²) in [5, 5.41) is 0. The molecule has 5 heteroatoms. The number of ether oxygens (including phenoxy) is 1. The molecular weight excluding hydrogens is 282 g/mol. The Morgan fingerprint density at radius 2 is 2.00 bits per heavy atom. The Morgan fingerprint density at radius 3 is 2.73 bits per heavy atom. The summed E-state index contributed by atoms with van der Waals surface area (Å²) in [4.78, 5) is 37.0. The van der Waals surface area contributed by atoms with E-state index in [4.69, 9.17) is 4.74 Å². The molecule has 0 N–H and O–H groups in total. The standard InChI is InChI=1S/C17H19NO4/c19-15-9-8-13-11-14(16(20)18(13)15)17(21)22-10-4-7-12-5-2-1-3-6-12/h1-3,5-6,13-14H,4,7-11H2. The van der Waals surface area contributed by atoms with Crippen LogP contribution in [0.4, 0.5) is 0 Å². The van der Waals surface area contributed by atoms with Crippen LogP contribution in [0.2, 0.25) is 0 Å². The van der Waals surface area contributed by atoms with Crippen LogP contribution >= 0.6 is 0 Å². The van der Waals surface area contributed by atoms with Crippen molar-refractivity contribution in [1.82, 2.24) is 4.90 Å². The van der Waals surface area contributed by atoms with Crippen LogP contribution < -0.4 is 0 Å². The number of benzene rings is 1. The van der Waals surface area contributed by atoms with E-state index >= 15 is 0 Å². The number of imide groups is 1. The predicted octanol–water partition coefficient (Wildman–Crippen LogP) is 1.70. The number of hydrogen-bond acceptors (Lipinski definition) is 4. The van der Waals surface area contributed by atoms with Crippen LogP contribution in [-0.2, 0) is 25.5 Å². The second-order valence-electron chi connectivity index (χ2n) is 5.84. The summed E-state index contributed by atoms with van der Waals surface area (Å²) in [6.07, 6.45) is 3.06. The molecule has 22 heavy (non-hydrogen) atoms. The molecule has 2 amide bonds. The van der Waals surface area contributed by atoms with Gasteiger partial charge in [0.05, 0.1) is 6.61 Å². The fraction of sp³-hybridized carbons (Fsp3) is 0.471. The lowest BCUT2D eigenvalue weighted by atomic mass is 10.0. The number of carbonyl (C=O) groups excluding carboxylic acids is 3. The molecule has 2 saturated heterocycles. The highest BCUT2D eigenvalue weighted by Gasteiger charge is 2.49. The molecule has 3 rings (SSSR count). The number of rotatable bonds is 5. The molecule has 2 aliphatic heterocycles. The largest absolute Gasteiger partial charge is 0.465 e. The summed E-state index contributed by atoms with van der Waals surface area (Å²) in [5.41, 5.74) is 1.20. The van der Waals surface area contributed by atoms with Crippen LogP contribution in [-0.4, -0.2) is 35.3 Å². The normalized spacial score (nSPS) is 23.7. The van der Waals surface area contributed by atoms with Crippen molar-refractivity contribution < 1.29 is 19.1 Å². The second-order valence-corrected chi connectivity index (χ2v) is 5.84. The van der Waals surface area contributed by atoms with Gasteiger partial charge in [0, 0.05) is 12.5 Å². The van der Waals surface area contributed by atoms with Crippen LogP contribution in [0.15, 0.2) is 30.3 Å². The average molecular weight is 301 g/mol. The molecule has 0 saturated carbocycles. The van der Waals surface area contributed by atoms with Crippen LogP contribution in [0.5, 0.6) is 0 Å². The Bertz CT molecular complexity index is 584. The molecule has 2 aliphatic rings. The molecule has 2 unspecified atom stereocenters. The molecule has 0 radical (unpaired) electrons. The summed E-state index contributed by atoms with van der Waals surface area (Å²) in [6.45, 7) is 0.302. The van der Waals surface area contributed by atoms with Crippen molar-refractivity contribution in [2.75, 3.05) is 6.61 Å². The first-order valence-corrected chi connectivity index (χ1v) is 7.73. The minimum Gasteiger partial charge on any atom is -0.465 e. The van der Waals surface area contributed by atoms with E-state index in [-0.39, 0.29) is 17.9 Å². The number of fused-ring (bicyclic) bond motifs is 1. The SMILES string of the molecule is O=C(OCCCc1ccccc1)C1CC2CCC(=O)N2C1=O. The van der Waals surface area contributed by atoms with E-state index in [9.17, 15) is 14.4 Å². The number of aryl methyl sites for hydroxylation is 1. The van der Waals surface area contributed by atoms with Crippen molar-refractivity contribution in [3.8, 4) is 0 Å². The Labute approximate surface area is 129 Å². The minimum atomic E-state index is -0.786. The molecule has 0 aliphatic carbocycles. The maximum atomic E-state index is 12.1. The lowest BCUT2D eigenvalue weighted by molar-refractivity contribution is -0.154. The minimum absolute atomic E-state index is 0.0955. The third-order valence-electron chi connectivity index (χ3n) is 4.35. The average Bonchev–Trinajstić information content (AvgIpc) is 3.06. The van der Waals surface area contributed by atoms with E-state index in [1.54, 1.807) is 0 Å². The molecule has 0 aromatic heterocycles. The van der Waals surface area contributed by atoms with Crippen LogP contribution in [0, 0.1) is 5.92 Å². The first kappa shape index (κ1) is 14.8. The van der Waals surface area contributed by atoms with Crippen LogP contribution in [0.1, 0.15) is 31.2 Å². The Kier molecular flexibility index (Phi) is 4.22. The first-order valence-electron chi connectivity index (χ1n) is 7.73. The summed E-state index contributed by atoms with van der Waals surface area (Å²) in [5.74, 6) is -1.80. The van der Waals surface area contributed by atoms with Gasteiger partial charge in [0.25, 0.3) is 0 Å². The highest BCUT2D eigenvalue weighted by Crippen LogP contribution is 2.34. The van der Waals surface area contributed by atoms with Crippen molar-refractivity contribution in [1.29, 1.82) is 0 Å². The number of amides is 2. The summed E-state index contributed by atoms with van der Waals surface area (Å²) >= 11 is 0. The first-order chi connectivity index (χ1) is 10.7. The Balaban J connectivity index is 1.45. The quantitative estimate of drug-likeness (QED) is 0.359. The van der Waals surface area contributed by atoms with Gasteiger partial charge in [-0.2, -0.15) is 0 Å². The van der Waals surface area contributed by atoms with Gasteiger partial charge in [-0.05, 0) is 31.2 Å². The van der Waals surface area contributed by atoms with E-state index in [2.05, 4.69) is 0 Å². The number of hydrogen-bond donors (Lipinski definition) is 0. The van der Waals surface area contributed by atoms with Gasteiger partial charge in [0.2, 0.25) is 11.8 Å². The maximum absolute atomic E-state index is 12.1. The molecule has 2 atom stereocenters. The zero-order valence-corrected chi connectivity index (χ0v) is 12.4. The second kappa shape index (κ2) is 6.30. The Morgan fingerprint density at radius 1 is 1.23 bits per heavy atom. The highest BCUT2D eigenvalue weighted by atomic mass is 16.5. The zero-order valence-electron chi connectivity index (χ0n) is 12.4. The van der Waals surface area contributed by atoms with E-state index in [1.165, 1.54) is 10.5 Å². The summed E-state index contributed by atoms with van der Waals surface area (Å²) in [7, 11) is 0. The number of esters is 1. The molecule has 0 spiro atoms. The summed E-state index contributed by atoms with van der Waals surface area (Å²) < 4.78 is 5.22. The molecule has 0 bridgehead atoms. The third-order valence-corrected chi connectivity index (χ3v) is 4.35. The van der Waals surface area contributed by atoms with E-state index < -0.39 is 11.9 Å². The molecule has 1 aromatic rings. The lowest BCUT2D eigenvalue weighted by Crippen LogP contribution is -2.34. The lowest BCUT2D eigenvalue weighted by Gasteiger charge is -2.12. The fourth-order valence-electron chi connectivity index (χ4n) is 3.20. The zero-order chi connectivity index (χ0) is 15.5. The van der Waals surface area contributed by atoms with Gasteiger partial charge in [-0.15, -0.1) is 0 Å². The van der Waals surface area contributed by atoms with Crippen molar-refractivity contribution in [3.63, 3.8) is 0 Å². The number of nitrogens with zero attached hydrogens (tertiary/aromatic N) is 1. The molecular formula is C17H19NO4. The van der Waals surface area contributed by atoms with Gasteiger partial charge in [0.15, 0.2) is 0 Å². The molecule has 1 aromatic carbocycles. The maximum Gasteiger partial charge on any atom is 0.318 e. The monoisotopic (exact) mass is 301 g/mol. The van der Waals surface area contributed by atoms with E-state index in [0.29, 0.717) is 25.9 Å². The van der Waals surface area contributed by atoms with Crippen molar-refractivity contribution in [2.45, 2.75) is 38.1 Å². The third kappa shape index (κ3) is 2.89. The van der Waals surface area contributed by atoms with Gasteiger partial charge in [-0.3, -0.25) is 19.3 Å². The van der Waals surface area contributed by atoms with Gasteiger partial charge >= 0.3 is 5.97 Å². The highest BCUT2D eigenvalue weighted by molar-refractivity contribution is 6.08. The Hall–Kier alpha value is -2.17. The molecule has 5 nitrogen and oxygen atoms in total. The van der Waals surface area contributed by atoms with Crippen molar-refractivity contribution >= 4 is 17.8 Å². The predicted molar refractivity (Wildman–Crippen MR) is 78.7 cm³/mol. The smallest absolute Gasteiger partial charge is 0.318 e. The topological polar surface area (TPSA) is 63.7 Å². The molecule has 2 fully saturated rings. The molecule has 2 heterocycles. The van der Waals surface area contributed by atoms with Crippen molar-refractivity contribution in [3.05, 3.63) is 35.9 Å². The van der Waals surface area contributed by atoms with Gasteiger partial charge in [0.1, 0.15) is 5.92 Å². The molecule has 116 valence electrons. The fourth-order valence-corrected chi connectivity index (χ4v) is 3.20. The van der Waals surface area contributed by atoms with Gasteiger partial charge in [-0.25, -0.2) is 0 Å². The van der Waals surface area contributed by atoms with E-state index in [0.717, 1.165) is 12.8 Å². The van der Waals surface area contributed by atoms with E-state index in [1.807, 2.05) is 30.3 Å². The summed E-state index contributed by atoms with van der Waals surface area (Å²) in [6, 6.07) is 9.88. The van der Waals surface area contributed by atoms with Crippen LogP contribution in [0.3, 0.4) is 0 Å². The van der Waals surface area contributed by atoms with Crippen molar-refractivity contribution in [2.24, 2.45) is 5.92 Å². The van der Waals surface area contributed by atoms with Gasteiger partial charge < -0.3 is 4.74 Å². The van der Waals surface area contributed by atoms with Crippen LogP contribution in [0.25, 0.3) is 0 Å². The number of carbonyl (C=O) groups is 3. The van der Waals surface area contributed by atoms with Gasteiger partial charge in [-0.1, -0.05) is 30.3 Å².